The molecule has 25 heavy (non-hydrogen) atoms. The molecule has 0 atom stereocenters. The molecule has 1 saturated carbocycles. The van der Waals surface area contributed by atoms with E-state index >= 15 is 0 Å². The van der Waals surface area contributed by atoms with Gasteiger partial charge in [0.25, 0.3) is 0 Å². The molecule has 1 amide bonds. The quantitative estimate of drug-likeness (QED) is 0.722. The van der Waals surface area contributed by atoms with Gasteiger partial charge < -0.3 is 20.2 Å². The van der Waals surface area contributed by atoms with E-state index in [0.29, 0.717) is 18.8 Å². The highest BCUT2D eigenvalue weighted by atomic mass is 35.6. The van der Waals surface area contributed by atoms with Crippen molar-refractivity contribution in [1.29, 1.82) is 0 Å². The van der Waals surface area contributed by atoms with E-state index in [9.17, 15) is 9.90 Å². The number of hydrogen-bond donors (Lipinski definition) is 2. The van der Waals surface area contributed by atoms with Gasteiger partial charge in [-0.05, 0) is 31.7 Å². The van der Waals surface area contributed by atoms with Gasteiger partial charge in [-0.15, -0.1) is 0 Å². The van der Waals surface area contributed by atoms with Gasteiger partial charge in [-0.25, -0.2) is 9.78 Å². The van der Waals surface area contributed by atoms with Crippen LogP contribution in [0.3, 0.4) is 0 Å². The molecule has 2 N–H and O–H groups in total. The molecule has 0 aromatic carbocycles. The van der Waals surface area contributed by atoms with E-state index in [0.717, 1.165) is 18.7 Å². The summed E-state index contributed by atoms with van der Waals surface area (Å²) in [5.74, 6) is 1.40. The first-order chi connectivity index (χ1) is 11.7. The lowest BCUT2D eigenvalue weighted by molar-refractivity contribution is 0.111. The van der Waals surface area contributed by atoms with Crippen LogP contribution in [0.2, 0.25) is 0 Å². The Labute approximate surface area is 162 Å². The number of nitrogens with one attached hydrogen (secondary N) is 1. The molecule has 1 aromatic heterocycles. The topological polar surface area (TPSA) is 81.6 Å². The number of halogens is 3. The van der Waals surface area contributed by atoms with Crippen molar-refractivity contribution < 1.29 is 9.90 Å². The summed E-state index contributed by atoms with van der Waals surface area (Å²) in [4.78, 5) is 23.3. The second-order valence-electron chi connectivity index (χ2n) is 6.31. The third kappa shape index (κ3) is 6.24. The molecule has 1 aliphatic carbocycles. The molecule has 0 saturated heterocycles. The third-order valence-electron chi connectivity index (χ3n) is 4.17. The maximum absolute atomic E-state index is 11.5. The molecular formula is C15H22Cl3N5O2. The number of carbonyl (C=O) groups is 1. The smallest absolute Gasteiger partial charge is 0.407 e. The van der Waals surface area contributed by atoms with E-state index in [1.807, 2.05) is 25.1 Å². The van der Waals surface area contributed by atoms with Gasteiger partial charge in [-0.2, -0.15) is 4.98 Å². The zero-order chi connectivity index (χ0) is 18.6. The molecule has 1 heterocycles. The predicted molar refractivity (Wildman–Crippen MR) is 101 cm³/mol. The van der Waals surface area contributed by atoms with E-state index in [1.54, 1.807) is 6.20 Å². The molecule has 140 valence electrons. The normalized spacial score (nSPS) is 20.8. The van der Waals surface area contributed by atoms with Crippen molar-refractivity contribution in [3.63, 3.8) is 0 Å². The fourth-order valence-electron chi connectivity index (χ4n) is 2.93. The molecule has 1 fully saturated rings. The van der Waals surface area contributed by atoms with Crippen LogP contribution in [0.4, 0.5) is 16.6 Å². The maximum Gasteiger partial charge on any atom is 0.407 e. The Hall–Kier alpha value is -1.18. The van der Waals surface area contributed by atoms with Crippen LogP contribution < -0.4 is 10.2 Å². The largest absolute Gasteiger partial charge is 0.465 e. The SMILES string of the molecule is CN(C)c1ccnc(NC2CCC(N(CC(Cl)(Cl)Cl)C(=O)O)CC2)n1. The van der Waals surface area contributed by atoms with E-state index in [1.165, 1.54) is 4.90 Å². The van der Waals surface area contributed by atoms with Crippen molar-refractivity contribution >= 4 is 52.7 Å². The number of carboxylic acid groups (broad SMARTS) is 1. The fourth-order valence-corrected chi connectivity index (χ4v) is 3.31. The second-order valence-corrected chi connectivity index (χ2v) is 8.82. The Kier molecular flexibility index (Phi) is 6.82. The highest BCUT2D eigenvalue weighted by Crippen LogP contribution is 2.31. The average Bonchev–Trinajstić information content (AvgIpc) is 2.53. The van der Waals surface area contributed by atoms with Gasteiger partial charge in [-0.1, -0.05) is 34.8 Å². The highest BCUT2D eigenvalue weighted by Gasteiger charge is 2.34. The number of hydrogen-bond acceptors (Lipinski definition) is 5. The maximum atomic E-state index is 11.5. The van der Waals surface area contributed by atoms with Gasteiger partial charge in [-0.3, -0.25) is 0 Å². The lowest BCUT2D eigenvalue weighted by Gasteiger charge is -2.36. The molecule has 10 heteroatoms. The molecule has 0 bridgehead atoms. The van der Waals surface area contributed by atoms with Crippen molar-refractivity contribution in [3.05, 3.63) is 12.3 Å². The van der Waals surface area contributed by atoms with Crippen LogP contribution in [0.1, 0.15) is 25.7 Å². The molecule has 1 aromatic rings. The first-order valence-electron chi connectivity index (χ1n) is 7.99. The number of rotatable bonds is 5. The molecule has 0 unspecified atom stereocenters. The van der Waals surface area contributed by atoms with Gasteiger partial charge in [0, 0.05) is 32.4 Å². The van der Waals surface area contributed by atoms with E-state index in [4.69, 9.17) is 34.8 Å². The summed E-state index contributed by atoms with van der Waals surface area (Å²) < 4.78 is -1.62. The minimum atomic E-state index is -1.62. The summed E-state index contributed by atoms with van der Waals surface area (Å²) in [6.07, 6.45) is 3.62. The highest BCUT2D eigenvalue weighted by molar-refractivity contribution is 6.67. The van der Waals surface area contributed by atoms with Gasteiger partial charge in [0.15, 0.2) is 0 Å². The summed E-state index contributed by atoms with van der Waals surface area (Å²) in [6.45, 7) is -0.135. The minimum Gasteiger partial charge on any atom is -0.465 e. The van der Waals surface area contributed by atoms with Crippen LogP contribution in [-0.4, -0.2) is 62.6 Å². The molecular weight excluding hydrogens is 389 g/mol. The number of alkyl halides is 3. The molecule has 7 nitrogen and oxygen atoms in total. The summed E-state index contributed by atoms with van der Waals surface area (Å²) in [6, 6.07) is 1.88. The predicted octanol–water partition coefficient (Wildman–Crippen LogP) is 3.62. The Morgan fingerprint density at radius 1 is 1.32 bits per heavy atom. The van der Waals surface area contributed by atoms with Gasteiger partial charge >= 0.3 is 6.09 Å². The zero-order valence-electron chi connectivity index (χ0n) is 14.1. The van der Waals surface area contributed by atoms with Gasteiger partial charge in [0.05, 0.1) is 6.54 Å². The Balaban J connectivity index is 1.92. The van der Waals surface area contributed by atoms with Crippen LogP contribution in [0.5, 0.6) is 0 Å². The Morgan fingerprint density at radius 2 is 1.96 bits per heavy atom. The summed E-state index contributed by atoms with van der Waals surface area (Å²) in [7, 11) is 3.84. The van der Waals surface area contributed by atoms with Crippen LogP contribution in [-0.2, 0) is 0 Å². The average molecular weight is 411 g/mol. The Bertz CT molecular complexity index is 589. The van der Waals surface area contributed by atoms with Crippen LogP contribution in [0.15, 0.2) is 12.3 Å². The van der Waals surface area contributed by atoms with Crippen molar-refractivity contribution in [2.24, 2.45) is 0 Å². The lowest BCUT2D eigenvalue weighted by Crippen LogP contribution is -2.46. The zero-order valence-corrected chi connectivity index (χ0v) is 16.4. The standard InChI is InChI=1S/C15H22Cl3N5O2/c1-22(2)12-7-8-19-13(21-12)20-10-3-5-11(6-4-10)23(14(24)25)9-15(16,17)18/h7-8,10-11H,3-6,9H2,1-2H3,(H,24,25)(H,19,20,21). The lowest BCUT2D eigenvalue weighted by atomic mass is 9.90. The van der Waals surface area contributed by atoms with Gasteiger partial charge in [0.1, 0.15) is 5.82 Å². The van der Waals surface area contributed by atoms with Crippen LogP contribution >= 0.6 is 34.8 Å². The summed E-state index contributed by atoms with van der Waals surface area (Å²) in [5, 5.41) is 12.7. The number of amides is 1. The molecule has 0 radical (unpaired) electrons. The Morgan fingerprint density at radius 3 is 2.48 bits per heavy atom. The first kappa shape index (κ1) is 20.1. The first-order valence-corrected chi connectivity index (χ1v) is 9.12. The summed E-state index contributed by atoms with van der Waals surface area (Å²) in [5.41, 5.74) is 0. The monoisotopic (exact) mass is 409 g/mol. The van der Waals surface area contributed by atoms with Crippen molar-refractivity contribution in [2.45, 2.75) is 41.6 Å². The van der Waals surface area contributed by atoms with Crippen molar-refractivity contribution in [3.8, 4) is 0 Å². The fraction of sp³-hybridized carbons (Fsp3) is 0.667. The molecule has 0 aliphatic heterocycles. The van der Waals surface area contributed by atoms with Crippen LogP contribution in [0, 0.1) is 0 Å². The number of nitrogens with zero attached hydrogens (tertiary/aromatic N) is 4. The summed E-state index contributed by atoms with van der Waals surface area (Å²) >= 11 is 17.3. The molecule has 2 rings (SSSR count). The van der Waals surface area contributed by atoms with E-state index < -0.39 is 9.89 Å². The van der Waals surface area contributed by atoms with Crippen LogP contribution in [0.25, 0.3) is 0 Å². The molecule has 0 spiro atoms. The van der Waals surface area contributed by atoms with E-state index in [-0.39, 0.29) is 18.6 Å². The number of anilines is 2. The third-order valence-corrected chi connectivity index (χ3v) is 4.52. The van der Waals surface area contributed by atoms with Crippen molar-refractivity contribution in [2.75, 3.05) is 30.9 Å². The second kappa shape index (κ2) is 8.47. The van der Waals surface area contributed by atoms with Crippen molar-refractivity contribution in [1.82, 2.24) is 14.9 Å². The minimum absolute atomic E-state index is 0.135. The number of aromatic nitrogens is 2. The van der Waals surface area contributed by atoms with E-state index in [2.05, 4.69) is 15.3 Å². The van der Waals surface area contributed by atoms with Gasteiger partial charge in [0.2, 0.25) is 9.74 Å². The molecule has 1 aliphatic rings.